The maximum Gasteiger partial charge on any atom is 0.411 e. The van der Waals surface area contributed by atoms with Crippen LogP contribution in [0.25, 0.3) is 10.9 Å². The van der Waals surface area contributed by atoms with Gasteiger partial charge < -0.3 is 19.1 Å². The number of aliphatic hydroxyl groups is 1. The highest BCUT2D eigenvalue weighted by molar-refractivity contribution is 7.90. The molecule has 3 N–H and O–H groups in total. The van der Waals surface area contributed by atoms with Crippen LogP contribution in [-0.4, -0.2) is 48.9 Å². The van der Waals surface area contributed by atoms with Crippen molar-refractivity contribution in [2.45, 2.75) is 69.0 Å². The molecule has 0 bridgehead atoms. The molecule has 0 radical (unpaired) electrons. The van der Waals surface area contributed by atoms with Gasteiger partial charge in [-0.05, 0) is 92.6 Å². The zero-order valence-electron chi connectivity index (χ0n) is 26.9. The number of hydrogen-bond acceptors (Lipinski definition) is 7. The zero-order chi connectivity index (χ0) is 33.8. The van der Waals surface area contributed by atoms with Gasteiger partial charge in [-0.3, -0.25) is 10.1 Å². The fourth-order valence-electron chi connectivity index (χ4n) is 5.56. The van der Waals surface area contributed by atoms with Gasteiger partial charge in [0.1, 0.15) is 22.4 Å². The SMILES string of the molecule is CCC(C)(O)C#Cc1ccccc1S(=O)(=O)NC(=O)c1ccc(Cc2cn(C)c3ccc(NC(=O)OC4CCCC4)cc23)c(OC)c1. The Morgan fingerprint density at radius 3 is 2.53 bits per heavy atom. The largest absolute Gasteiger partial charge is 0.496 e. The maximum absolute atomic E-state index is 13.3. The molecular formula is C36H39N3O7S. The van der Waals surface area contributed by atoms with E-state index in [-0.39, 0.29) is 22.1 Å². The maximum atomic E-state index is 13.3. The summed E-state index contributed by atoms with van der Waals surface area (Å²) in [5.41, 5.74) is 2.31. The Kier molecular flexibility index (Phi) is 9.94. The minimum Gasteiger partial charge on any atom is -0.496 e. The molecule has 1 aliphatic rings. The highest BCUT2D eigenvalue weighted by atomic mass is 32.2. The molecule has 1 fully saturated rings. The smallest absolute Gasteiger partial charge is 0.411 e. The predicted molar refractivity (Wildman–Crippen MR) is 180 cm³/mol. The molecule has 1 saturated carbocycles. The van der Waals surface area contributed by atoms with Gasteiger partial charge >= 0.3 is 6.09 Å². The second-order valence-electron chi connectivity index (χ2n) is 11.9. The Bertz CT molecular complexity index is 1980. The van der Waals surface area contributed by atoms with E-state index in [1.165, 1.54) is 31.4 Å². The fraction of sp³-hybridized carbons (Fsp3) is 0.333. The Morgan fingerprint density at radius 2 is 1.81 bits per heavy atom. The number of rotatable bonds is 9. The third-order valence-corrected chi connectivity index (χ3v) is 9.77. The zero-order valence-corrected chi connectivity index (χ0v) is 27.7. The second kappa shape index (κ2) is 13.9. The van der Waals surface area contributed by atoms with Crippen LogP contribution in [0.3, 0.4) is 0 Å². The minimum atomic E-state index is -4.30. The molecule has 11 heteroatoms. The number of nitrogens with zero attached hydrogens (tertiary/aromatic N) is 1. The van der Waals surface area contributed by atoms with Crippen LogP contribution >= 0.6 is 0 Å². The summed E-state index contributed by atoms with van der Waals surface area (Å²) in [6, 6.07) is 16.5. The van der Waals surface area contributed by atoms with Gasteiger partial charge in [0.05, 0.1) is 7.11 Å². The van der Waals surface area contributed by atoms with E-state index in [9.17, 15) is 23.1 Å². The molecule has 5 rings (SSSR count). The number of hydrogen-bond donors (Lipinski definition) is 3. The quantitative estimate of drug-likeness (QED) is 0.191. The molecule has 2 amide bonds. The van der Waals surface area contributed by atoms with Gasteiger partial charge in [0.25, 0.3) is 15.9 Å². The van der Waals surface area contributed by atoms with Gasteiger partial charge in [0.15, 0.2) is 0 Å². The average molecular weight is 658 g/mol. The molecule has 1 unspecified atom stereocenters. The van der Waals surface area contributed by atoms with E-state index in [1.54, 1.807) is 32.0 Å². The first-order valence-electron chi connectivity index (χ1n) is 15.5. The number of methoxy groups -OCH3 is 1. The summed E-state index contributed by atoms with van der Waals surface area (Å²) in [7, 11) is -0.875. The topological polar surface area (TPSA) is 136 Å². The Morgan fingerprint density at radius 1 is 1.06 bits per heavy atom. The highest BCUT2D eigenvalue weighted by Gasteiger charge is 2.23. The van der Waals surface area contributed by atoms with Crippen LogP contribution in [0.2, 0.25) is 0 Å². The average Bonchev–Trinajstić information content (AvgIpc) is 3.67. The summed E-state index contributed by atoms with van der Waals surface area (Å²) in [5, 5.41) is 14.0. The van der Waals surface area contributed by atoms with Crippen molar-refractivity contribution in [3.63, 3.8) is 0 Å². The molecule has 4 aromatic rings. The van der Waals surface area contributed by atoms with Crippen LogP contribution in [0, 0.1) is 11.8 Å². The third kappa shape index (κ3) is 7.96. The number of amides is 2. The first-order valence-corrected chi connectivity index (χ1v) is 17.0. The van der Waals surface area contributed by atoms with Gasteiger partial charge in [0.2, 0.25) is 0 Å². The van der Waals surface area contributed by atoms with Crippen LogP contribution in [-0.2, 0) is 28.2 Å². The van der Waals surface area contributed by atoms with E-state index in [1.807, 2.05) is 36.0 Å². The fourth-order valence-corrected chi connectivity index (χ4v) is 6.70. The number of ether oxygens (including phenoxy) is 2. The van der Waals surface area contributed by atoms with E-state index >= 15 is 0 Å². The van der Waals surface area contributed by atoms with Gasteiger partial charge in [-0.2, -0.15) is 0 Å². The van der Waals surface area contributed by atoms with E-state index in [4.69, 9.17) is 9.47 Å². The summed E-state index contributed by atoms with van der Waals surface area (Å²) < 4.78 is 41.8. The monoisotopic (exact) mass is 657 g/mol. The Balaban J connectivity index is 1.35. The van der Waals surface area contributed by atoms with Gasteiger partial charge in [-0.25, -0.2) is 17.9 Å². The summed E-state index contributed by atoms with van der Waals surface area (Å²) in [4.78, 5) is 25.5. The third-order valence-electron chi connectivity index (χ3n) is 8.38. The van der Waals surface area contributed by atoms with Crippen LogP contribution in [0.5, 0.6) is 5.75 Å². The van der Waals surface area contributed by atoms with Crippen molar-refractivity contribution in [3.8, 4) is 17.6 Å². The molecule has 1 aliphatic carbocycles. The Labute approximate surface area is 275 Å². The summed E-state index contributed by atoms with van der Waals surface area (Å²) in [5.74, 6) is 5.00. The minimum absolute atomic E-state index is 0.0389. The number of benzene rings is 3. The lowest BCUT2D eigenvalue weighted by Crippen LogP contribution is -2.31. The molecule has 47 heavy (non-hydrogen) atoms. The number of aryl methyl sites for hydroxylation is 1. The normalized spacial score (nSPS) is 14.6. The Hall–Kier alpha value is -4.79. The lowest BCUT2D eigenvalue weighted by atomic mass is 10.0. The van der Waals surface area contributed by atoms with Crippen LogP contribution in [0.1, 0.15) is 73.0 Å². The molecule has 0 aliphatic heterocycles. The number of fused-ring (bicyclic) bond motifs is 1. The van der Waals surface area contributed by atoms with E-state index in [0.717, 1.165) is 47.7 Å². The number of nitrogens with one attached hydrogen (secondary N) is 2. The van der Waals surface area contributed by atoms with Crippen molar-refractivity contribution in [2.75, 3.05) is 12.4 Å². The van der Waals surface area contributed by atoms with E-state index < -0.39 is 27.6 Å². The molecule has 0 saturated heterocycles. The van der Waals surface area contributed by atoms with Crippen molar-refractivity contribution >= 4 is 38.6 Å². The van der Waals surface area contributed by atoms with E-state index in [2.05, 4.69) is 21.9 Å². The van der Waals surface area contributed by atoms with Crippen molar-refractivity contribution in [1.82, 2.24) is 9.29 Å². The molecule has 246 valence electrons. The summed E-state index contributed by atoms with van der Waals surface area (Å²) in [6.07, 6.45) is 6.22. The van der Waals surface area contributed by atoms with Crippen molar-refractivity contribution < 1.29 is 32.6 Å². The standard InChI is InChI=1S/C36H39N3O7S/c1-5-36(2,42)19-18-24-10-6-9-13-33(24)47(43,44)38-34(40)26-15-14-25(32(21-26)45-4)20-27-23-39(3)31-17-16-28(22-30(27)31)37-35(41)46-29-11-7-8-12-29/h6,9-10,13-17,21-23,29,42H,5,7-8,11-12,20H2,1-4H3,(H,37,41)(H,38,40). The number of sulfonamides is 1. The first-order chi connectivity index (χ1) is 22.4. The summed E-state index contributed by atoms with van der Waals surface area (Å²) >= 11 is 0. The molecule has 3 aromatic carbocycles. The molecule has 0 spiro atoms. The van der Waals surface area contributed by atoms with Gasteiger partial charge in [0, 0.05) is 47.4 Å². The van der Waals surface area contributed by atoms with Crippen molar-refractivity contribution in [1.29, 1.82) is 0 Å². The molecule has 1 atom stereocenters. The molecule has 10 nitrogen and oxygen atoms in total. The van der Waals surface area contributed by atoms with Gasteiger partial charge in [-0.1, -0.05) is 37.0 Å². The number of aromatic nitrogens is 1. The van der Waals surface area contributed by atoms with Crippen LogP contribution in [0.4, 0.5) is 10.5 Å². The van der Waals surface area contributed by atoms with Crippen molar-refractivity contribution in [3.05, 3.63) is 89.1 Å². The molecule has 1 heterocycles. The van der Waals surface area contributed by atoms with E-state index in [0.29, 0.717) is 24.3 Å². The molecule has 1 aromatic heterocycles. The second-order valence-corrected chi connectivity index (χ2v) is 13.6. The summed E-state index contributed by atoms with van der Waals surface area (Å²) in [6.45, 7) is 3.31. The van der Waals surface area contributed by atoms with Gasteiger partial charge in [-0.15, -0.1) is 0 Å². The number of anilines is 1. The van der Waals surface area contributed by atoms with Crippen molar-refractivity contribution in [2.24, 2.45) is 7.05 Å². The number of carbonyl (C=O) groups excluding carboxylic acids is 2. The van der Waals surface area contributed by atoms with Crippen LogP contribution < -0.4 is 14.8 Å². The lowest BCUT2D eigenvalue weighted by molar-refractivity contribution is 0.0980. The first kappa shape index (κ1) is 33.6. The predicted octanol–water partition coefficient (Wildman–Crippen LogP) is 5.90. The highest BCUT2D eigenvalue weighted by Crippen LogP contribution is 2.30. The van der Waals surface area contributed by atoms with Crippen LogP contribution in [0.15, 0.2) is 71.8 Å². The number of carbonyl (C=O) groups is 2. The lowest BCUT2D eigenvalue weighted by Gasteiger charge is -2.13. The molecular weight excluding hydrogens is 618 g/mol.